The second-order valence-electron chi connectivity index (χ2n) is 4.87. The van der Waals surface area contributed by atoms with Gasteiger partial charge in [0.25, 0.3) is 5.91 Å². The third-order valence-electron chi connectivity index (χ3n) is 3.30. The maximum absolute atomic E-state index is 12.4. The Labute approximate surface area is 118 Å². The summed E-state index contributed by atoms with van der Waals surface area (Å²) in [7, 11) is -3.31. The number of sulfone groups is 1. The number of rotatable bonds is 4. The molecule has 0 atom stereocenters. The summed E-state index contributed by atoms with van der Waals surface area (Å²) in [6.07, 6.45) is 3.08. The number of carbonyl (C=O) groups excluding carboxylic acids is 1. The van der Waals surface area contributed by atoms with Gasteiger partial charge in [-0.1, -0.05) is 19.8 Å². The number of amides is 1. The van der Waals surface area contributed by atoms with Crippen LogP contribution in [0.15, 0.2) is 11.0 Å². The molecule has 1 aromatic rings. The van der Waals surface area contributed by atoms with E-state index in [-0.39, 0.29) is 16.6 Å². The number of hydrogen-bond donors (Lipinski definition) is 0. The van der Waals surface area contributed by atoms with Crippen molar-refractivity contribution in [2.75, 3.05) is 18.8 Å². The lowest BCUT2D eigenvalue weighted by Gasteiger charge is -2.19. The summed E-state index contributed by atoms with van der Waals surface area (Å²) >= 11 is 1.29. The molecule has 0 radical (unpaired) electrons. The van der Waals surface area contributed by atoms with Crippen molar-refractivity contribution in [3.05, 3.63) is 15.8 Å². The van der Waals surface area contributed by atoms with Gasteiger partial charge in [0.1, 0.15) is 4.88 Å². The second-order valence-corrected chi connectivity index (χ2v) is 8.20. The van der Waals surface area contributed by atoms with Gasteiger partial charge in [-0.05, 0) is 19.4 Å². The molecule has 1 aliphatic rings. The lowest BCUT2D eigenvalue weighted by molar-refractivity contribution is 0.0767. The average Bonchev–Trinajstić information content (AvgIpc) is 2.72. The Morgan fingerprint density at radius 2 is 2.11 bits per heavy atom. The van der Waals surface area contributed by atoms with E-state index < -0.39 is 9.84 Å². The molecule has 2 rings (SSSR count). The third-order valence-corrected chi connectivity index (χ3v) is 6.18. The first-order valence-electron chi connectivity index (χ1n) is 6.58. The molecule has 0 bridgehead atoms. The third kappa shape index (κ3) is 3.00. The Bertz CT molecular complexity index is 575. The van der Waals surface area contributed by atoms with Crippen LogP contribution in [0.1, 0.15) is 40.7 Å². The fourth-order valence-corrected chi connectivity index (χ4v) is 5.08. The van der Waals surface area contributed by atoms with Crippen LogP contribution in [0, 0.1) is 6.92 Å². The lowest BCUT2D eigenvalue weighted by Crippen LogP contribution is -2.33. The molecule has 0 N–H and O–H groups in total. The van der Waals surface area contributed by atoms with E-state index in [0.29, 0.717) is 18.0 Å². The largest absolute Gasteiger partial charge is 0.337 e. The molecule has 0 aliphatic carbocycles. The number of carbonyl (C=O) groups is 1. The fraction of sp³-hybridized carbons (Fsp3) is 0.615. The van der Waals surface area contributed by atoms with E-state index in [1.807, 2.05) is 6.92 Å². The summed E-state index contributed by atoms with van der Waals surface area (Å²) in [5, 5.41) is 0. The molecule has 0 saturated heterocycles. The molecule has 1 aromatic heterocycles. The van der Waals surface area contributed by atoms with Crippen LogP contribution in [0.3, 0.4) is 0 Å². The van der Waals surface area contributed by atoms with Crippen molar-refractivity contribution in [3.63, 3.8) is 0 Å². The van der Waals surface area contributed by atoms with Crippen LogP contribution >= 0.6 is 11.3 Å². The van der Waals surface area contributed by atoms with E-state index in [2.05, 4.69) is 6.92 Å². The number of fused-ring (bicyclic) bond motifs is 1. The molecule has 1 amide bonds. The fourth-order valence-electron chi connectivity index (χ4n) is 2.22. The number of nitrogens with zero attached hydrogens (tertiary/aromatic N) is 1. The summed E-state index contributed by atoms with van der Waals surface area (Å²) in [5.41, 5.74) is 0. The highest BCUT2D eigenvalue weighted by Gasteiger charge is 2.32. The van der Waals surface area contributed by atoms with Crippen molar-refractivity contribution in [1.29, 1.82) is 0 Å². The minimum atomic E-state index is -3.31. The first kappa shape index (κ1) is 14.5. The van der Waals surface area contributed by atoms with Crippen LogP contribution < -0.4 is 0 Å². The molecule has 0 spiro atoms. The van der Waals surface area contributed by atoms with Gasteiger partial charge in [-0.25, -0.2) is 8.42 Å². The van der Waals surface area contributed by atoms with Crippen LogP contribution in [-0.2, 0) is 9.84 Å². The van der Waals surface area contributed by atoms with Crippen molar-refractivity contribution in [1.82, 2.24) is 4.90 Å². The zero-order chi connectivity index (χ0) is 14.0. The zero-order valence-electron chi connectivity index (χ0n) is 11.3. The van der Waals surface area contributed by atoms with E-state index in [4.69, 9.17) is 0 Å². The highest BCUT2D eigenvalue weighted by molar-refractivity contribution is 7.91. The van der Waals surface area contributed by atoms with Crippen LogP contribution in [0.5, 0.6) is 0 Å². The van der Waals surface area contributed by atoms with Crippen LogP contribution in [0.2, 0.25) is 0 Å². The molecular weight excluding hydrogens is 282 g/mol. The van der Waals surface area contributed by atoms with Crippen molar-refractivity contribution in [2.24, 2.45) is 0 Å². The standard InChI is InChI=1S/C13H19NO3S2/c1-3-4-5-6-14-7-8-19(16,17)11-9-10(2)18-12(11)13(14)15/h9H,3-8H2,1-2H3. The molecule has 6 heteroatoms. The topological polar surface area (TPSA) is 54.5 Å². The predicted octanol–water partition coefficient (Wildman–Crippen LogP) is 2.48. The summed E-state index contributed by atoms with van der Waals surface area (Å²) < 4.78 is 24.3. The SMILES string of the molecule is CCCCCN1CCS(=O)(=O)c2cc(C)sc2C1=O. The van der Waals surface area contributed by atoms with Crippen LogP contribution in [0.25, 0.3) is 0 Å². The first-order chi connectivity index (χ1) is 8.95. The van der Waals surface area contributed by atoms with Gasteiger partial charge in [0.2, 0.25) is 0 Å². The minimum Gasteiger partial charge on any atom is -0.337 e. The number of hydrogen-bond acceptors (Lipinski definition) is 4. The molecule has 0 saturated carbocycles. The van der Waals surface area contributed by atoms with Gasteiger partial charge in [0.15, 0.2) is 9.84 Å². The van der Waals surface area contributed by atoms with Gasteiger partial charge in [-0.2, -0.15) is 0 Å². The van der Waals surface area contributed by atoms with Crippen LogP contribution in [-0.4, -0.2) is 38.1 Å². The van der Waals surface area contributed by atoms with Gasteiger partial charge < -0.3 is 4.90 Å². The Balaban J connectivity index is 2.29. The van der Waals surface area contributed by atoms with Gasteiger partial charge in [-0.3, -0.25) is 4.79 Å². The summed E-state index contributed by atoms with van der Waals surface area (Å²) in [4.78, 5) is 15.6. The maximum atomic E-state index is 12.4. The van der Waals surface area contributed by atoms with Crippen LogP contribution in [0.4, 0.5) is 0 Å². The molecule has 106 valence electrons. The van der Waals surface area contributed by atoms with E-state index in [1.54, 1.807) is 11.0 Å². The van der Waals surface area contributed by atoms with Gasteiger partial charge >= 0.3 is 0 Å². The first-order valence-corrected chi connectivity index (χ1v) is 9.05. The highest BCUT2D eigenvalue weighted by atomic mass is 32.2. The quantitative estimate of drug-likeness (QED) is 0.803. The Morgan fingerprint density at radius 3 is 2.79 bits per heavy atom. The summed E-state index contributed by atoms with van der Waals surface area (Å²) in [6, 6.07) is 1.63. The molecule has 1 aliphatic heterocycles. The zero-order valence-corrected chi connectivity index (χ0v) is 12.9. The average molecular weight is 301 g/mol. The Hall–Kier alpha value is -0.880. The smallest absolute Gasteiger partial charge is 0.265 e. The molecule has 0 fully saturated rings. The van der Waals surface area contributed by atoms with Crippen molar-refractivity contribution in [2.45, 2.75) is 38.0 Å². The molecule has 19 heavy (non-hydrogen) atoms. The lowest BCUT2D eigenvalue weighted by atomic mass is 10.2. The monoisotopic (exact) mass is 301 g/mol. The van der Waals surface area contributed by atoms with Gasteiger partial charge in [0, 0.05) is 18.0 Å². The number of unbranched alkanes of at least 4 members (excludes halogenated alkanes) is 2. The van der Waals surface area contributed by atoms with Gasteiger partial charge in [0.05, 0.1) is 10.6 Å². The Kier molecular flexibility index (Phi) is 4.30. The normalized spacial score (nSPS) is 18.2. The van der Waals surface area contributed by atoms with E-state index in [1.165, 1.54) is 11.3 Å². The van der Waals surface area contributed by atoms with Gasteiger partial charge in [-0.15, -0.1) is 11.3 Å². The highest BCUT2D eigenvalue weighted by Crippen LogP contribution is 2.30. The molecule has 2 heterocycles. The second kappa shape index (κ2) is 5.63. The van der Waals surface area contributed by atoms with Crippen molar-refractivity contribution >= 4 is 27.1 Å². The number of thiophene rings is 1. The molecule has 4 nitrogen and oxygen atoms in total. The van der Waals surface area contributed by atoms with E-state index in [9.17, 15) is 13.2 Å². The Morgan fingerprint density at radius 1 is 1.37 bits per heavy atom. The van der Waals surface area contributed by atoms with Crippen molar-refractivity contribution in [3.8, 4) is 0 Å². The summed E-state index contributed by atoms with van der Waals surface area (Å²) in [5.74, 6) is -0.0844. The van der Waals surface area contributed by atoms with E-state index in [0.717, 1.165) is 24.1 Å². The molecule has 0 unspecified atom stereocenters. The molecule has 0 aromatic carbocycles. The summed E-state index contributed by atoms with van der Waals surface area (Å²) in [6.45, 7) is 4.91. The van der Waals surface area contributed by atoms with E-state index >= 15 is 0 Å². The van der Waals surface area contributed by atoms with Crippen molar-refractivity contribution < 1.29 is 13.2 Å². The predicted molar refractivity (Wildman–Crippen MR) is 76.5 cm³/mol. The number of aryl methyl sites for hydroxylation is 1. The maximum Gasteiger partial charge on any atom is 0.265 e. The molecular formula is C13H19NO3S2. The minimum absolute atomic E-state index is 0.0358.